The van der Waals surface area contributed by atoms with Crippen molar-refractivity contribution in [2.75, 3.05) is 12.8 Å². The van der Waals surface area contributed by atoms with Gasteiger partial charge in [0.2, 0.25) is 0 Å². The molecule has 0 heterocycles. The highest BCUT2D eigenvalue weighted by molar-refractivity contribution is 5.48. The predicted octanol–water partition coefficient (Wildman–Crippen LogP) is 3.87. The van der Waals surface area contributed by atoms with E-state index in [-0.39, 0.29) is 6.10 Å². The summed E-state index contributed by atoms with van der Waals surface area (Å²) in [5.41, 5.74) is 10.3. The number of nitrogens with two attached hydrogens (primary N) is 1. The van der Waals surface area contributed by atoms with Gasteiger partial charge in [-0.3, -0.25) is 0 Å². The van der Waals surface area contributed by atoms with E-state index in [0.29, 0.717) is 12.3 Å². The summed E-state index contributed by atoms with van der Waals surface area (Å²) in [6.45, 7) is 0.544. The molecule has 0 bridgehead atoms. The molecule has 0 aliphatic heterocycles. The molecule has 2 aromatic carbocycles. The number of methoxy groups -OCH3 is 1. The zero-order valence-electron chi connectivity index (χ0n) is 12.3. The normalized spacial score (nSPS) is 17.3. The first kappa shape index (κ1) is 14.0. The van der Waals surface area contributed by atoms with Crippen molar-refractivity contribution in [1.82, 2.24) is 0 Å². The van der Waals surface area contributed by atoms with Gasteiger partial charge in [-0.15, -0.1) is 0 Å². The van der Waals surface area contributed by atoms with Gasteiger partial charge >= 0.3 is 0 Å². The van der Waals surface area contributed by atoms with Gasteiger partial charge in [-0.1, -0.05) is 30.3 Å². The quantitative estimate of drug-likeness (QED) is 0.866. The molecule has 0 radical (unpaired) electrons. The van der Waals surface area contributed by atoms with Crippen LogP contribution in [0.3, 0.4) is 0 Å². The molecule has 1 unspecified atom stereocenters. The number of ether oxygens (including phenoxy) is 2. The fourth-order valence-electron chi connectivity index (χ4n) is 2.95. The van der Waals surface area contributed by atoms with Gasteiger partial charge in [0.05, 0.1) is 19.8 Å². The number of benzene rings is 2. The van der Waals surface area contributed by atoms with E-state index in [2.05, 4.69) is 24.3 Å². The second-order valence-corrected chi connectivity index (χ2v) is 5.46. The maximum atomic E-state index is 6.16. The fraction of sp³-hybridized carbons (Fsp3) is 0.333. The maximum Gasteiger partial charge on any atom is 0.126 e. The molecule has 0 fully saturated rings. The largest absolute Gasteiger partial charge is 0.496 e. The van der Waals surface area contributed by atoms with Gasteiger partial charge in [0, 0.05) is 17.3 Å². The number of aryl methyl sites for hydroxylation is 1. The standard InChI is InChI=1S/C18H21NO2/c1-20-18-11-15(19)10-9-14(18)12-21-17-8-4-6-13-5-2-3-7-16(13)17/h2-3,5,7,9-11,17H,4,6,8,12,19H2,1H3. The monoisotopic (exact) mass is 283 g/mol. The van der Waals surface area contributed by atoms with E-state index >= 15 is 0 Å². The van der Waals surface area contributed by atoms with Crippen LogP contribution in [0.2, 0.25) is 0 Å². The summed E-state index contributed by atoms with van der Waals surface area (Å²) in [7, 11) is 1.66. The molecule has 21 heavy (non-hydrogen) atoms. The topological polar surface area (TPSA) is 44.5 Å². The Bertz CT molecular complexity index is 624. The van der Waals surface area contributed by atoms with Gasteiger partial charge in [0.15, 0.2) is 0 Å². The first-order chi connectivity index (χ1) is 10.3. The van der Waals surface area contributed by atoms with Gasteiger partial charge in [-0.05, 0) is 36.5 Å². The van der Waals surface area contributed by atoms with Crippen LogP contribution < -0.4 is 10.5 Å². The third kappa shape index (κ3) is 3.03. The molecule has 3 rings (SSSR count). The fourth-order valence-corrected chi connectivity index (χ4v) is 2.95. The van der Waals surface area contributed by atoms with E-state index < -0.39 is 0 Å². The van der Waals surface area contributed by atoms with Crippen molar-refractivity contribution < 1.29 is 9.47 Å². The summed E-state index contributed by atoms with van der Waals surface area (Å²) in [5, 5.41) is 0. The lowest BCUT2D eigenvalue weighted by molar-refractivity contribution is 0.0273. The number of anilines is 1. The van der Waals surface area contributed by atoms with Gasteiger partial charge in [-0.25, -0.2) is 0 Å². The van der Waals surface area contributed by atoms with E-state index in [0.717, 1.165) is 24.2 Å². The van der Waals surface area contributed by atoms with Crippen molar-refractivity contribution in [1.29, 1.82) is 0 Å². The van der Waals surface area contributed by atoms with Crippen molar-refractivity contribution in [3.63, 3.8) is 0 Å². The molecule has 0 saturated heterocycles. The zero-order valence-corrected chi connectivity index (χ0v) is 12.3. The number of hydrogen-bond donors (Lipinski definition) is 1. The van der Waals surface area contributed by atoms with E-state index in [9.17, 15) is 0 Å². The number of nitrogen functional groups attached to an aromatic ring is 1. The Balaban J connectivity index is 1.74. The lowest BCUT2D eigenvalue weighted by Crippen LogP contribution is -2.13. The van der Waals surface area contributed by atoms with Crippen molar-refractivity contribution in [2.24, 2.45) is 0 Å². The highest BCUT2D eigenvalue weighted by Gasteiger charge is 2.20. The Hall–Kier alpha value is -2.00. The molecular weight excluding hydrogens is 262 g/mol. The van der Waals surface area contributed by atoms with Crippen LogP contribution in [-0.2, 0) is 17.8 Å². The second kappa shape index (κ2) is 6.19. The van der Waals surface area contributed by atoms with Crippen molar-refractivity contribution in [3.05, 3.63) is 59.2 Å². The van der Waals surface area contributed by atoms with Gasteiger partial charge < -0.3 is 15.2 Å². The summed E-state index contributed by atoms with van der Waals surface area (Å²) in [6.07, 6.45) is 3.59. The van der Waals surface area contributed by atoms with E-state index in [1.165, 1.54) is 17.5 Å². The van der Waals surface area contributed by atoms with E-state index in [4.69, 9.17) is 15.2 Å². The molecule has 0 amide bonds. The van der Waals surface area contributed by atoms with Gasteiger partial charge in [0.1, 0.15) is 5.75 Å². The van der Waals surface area contributed by atoms with Crippen molar-refractivity contribution >= 4 is 5.69 Å². The van der Waals surface area contributed by atoms with Crippen molar-refractivity contribution in [3.8, 4) is 5.75 Å². The van der Waals surface area contributed by atoms with Crippen LogP contribution >= 0.6 is 0 Å². The molecule has 1 atom stereocenters. The third-order valence-corrected chi connectivity index (χ3v) is 4.07. The first-order valence-electron chi connectivity index (χ1n) is 7.39. The highest BCUT2D eigenvalue weighted by Crippen LogP contribution is 2.34. The van der Waals surface area contributed by atoms with Crippen LogP contribution in [0, 0.1) is 0 Å². The molecule has 110 valence electrons. The van der Waals surface area contributed by atoms with Crippen molar-refractivity contribution in [2.45, 2.75) is 32.0 Å². The lowest BCUT2D eigenvalue weighted by atomic mass is 9.89. The molecule has 3 heteroatoms. The van der Waals surface area contributed by atoms with Gasteiger partial charge in [0.25, 0.3) is 0 Å². The second-order valence-electron chi connectivity index (χ2n) is 5.46. The van der Waals surface area contributed by atoms with Crippen LogP contribution in [0.25, 0.3) is 0 Å². The molecular formula is C18H21NO2. The van der Waals surface area contributed by atoms with Crippen LogP contribution in [0.4, 0.5) is 5.69 Å². The molecule has 3 nitrogen and oxygen atoms in total. The summed E-state index contributed by atoms with van der Waals surface area (Å²) in [6, 6.07) is 14.3. The average molecular weight is 283 g/mol. The lowest BCUT2D eigenvalue weighted by Gasteiger charge is -2.26. The minimum Gasteiger partial charge on any atom is -0.496 e. The Labute approximate surface area is 125 Å². The molecule has 0 saturated carbocycles. The Morgan fingerprint density at radius 2 is 2.05 bits per heavy atom. The molecule has 0 spiro atoms. The van der Waals surface area contributed by atoms with Crippen LogP contribution in [-0.4, -0.2) is 7.11 Å². The average Bonchev–Trinajstić information content (AvgIpc) is 2.53. The maximum absolute atomic E-state index is 6.16. The number of rotatable bonds is 4. The zero-order chi connectivity index (χ0) is 14.7. The SMILES string of the molecule is COc1cc(N)ccc1COC1CCCc2ccccc21. The smallest absolute Gasteiger partial charge is 0.126 e. The first-order valence-corrected chi connectivity index (χ1v) is 7.39. The summed E-state index contributed by atoms with van der Waals surface area (Å²) < 4.78 is 11.5. The Kier molecular flexibility index (Phi) is 4.11. The molecule has 1 aliphatic carbocycles. The predicted molar refractivity (Wildman–Crippen MR) is 84.3 cm³/mol. The molecule has 2 aromatic rings. The van der Waals surface area contributed by atoms with E-state index in [1.807, 2.05) is 18.2 Å². The minimum atomic E-state index is 0.178. The minimum absolute atomic E-state index is 0.178. The summed E-state index contributed by atoms with van der Waals surface area (Å²) >= 11 is 0. The summed E-state index contributed by atoms with van der Waals surface area (Å²) in [5.74, 6) is 0.791. The van der Waals surface area contributed by atoms with Gasteiger partial charge in [-0.2, -0.15) is 0 Å². The Morgan fingerprint density at radius 3 is 2.90 bits per heavy atom. The molecule has 0 aromatic heterocycles. The molecule has 2 N–H and O–H groups in total. The van der Waals surface area contributed by atoms with Crippen LogP contribution in [0.5, 0.6) is 5.75 Å². The molecule has 1 aliphatic rings. The highest BCUT2D eigenvalue weighted by atomic mass is 16.5. The number of fused-ring (bicyclic) bond motifs is 1. The van der Waals surface area contributed by atoms with Crippen LogP contribution in [0.15, 0.2) is 42.5 Å². The third-order valence-electron chi connectivity index (χ3n) is 4.07. The van der Waals surface area contributed by atoms with Crippen LogP contribution in [0.1, 0.15) is 35.6 Å². The Morgan fingerprint density at radius 1 is 1.19 bits per heavy atom. The summed E-state index contributed by atoms with van der Waals surface area (Å²) in [4.78, 5) is 0. The number of hydrogen-bond acceptors (Lipinski definition) is 3. The van der Waals surface area contributed by atoms with E-state index in [1.54, 1.807) is 7.11 Å².